The molecular weight excluding hydrogens is 403 g/mol. The Labute approximate surface area is 165 Å². The highest BCUT2D eigenvalue weighted by Gasteiger charge is 2.14. The van der Waals surface area contributed by atoms with E-state index in [2.05, 4.69) is 5.32 Å². The molecule has 0 aromatic heterocycles. The molecule has 0 aliphatic heterocycles. The van der Waals surface area contributed by atoms with E-state index in [0.717, 1.165) is 4.90 Å². The third-order valence-corrected chi connectivity index (χ3v) is 5.19. The van der Waals surface area contributed by atoms with Crippen LogP contribution < -0.4 is 5.32 Å². The average molecular weight is 418 g/mol. The predicted molar refractivity (Wildman–Crippen MR) is 105 cm³/mol. The first-order chi connectivity index (χ1) is 11.8. The lowest BCUT2D eigenvalue weighted by molar-refractivity contribution is -0.113. The molecule has 4 nitrogen and oxygen atoms in total. The second-order valence-electron chi connectivity index (χ2n) is 5.31. The van der Waals surface area contributed by atoms with Gasteiger partial charge < -0.3 is 10.2 Å². The molecule has 0 fully saturated rings. The largest absolute Gasteiger partial charge is 0.345 e. The highest BCUT2D eigenvalue weighted by Crippen LogP contribution is 2.30. The average Bonchev–Trinajstić information content (AvgIpc) is 2.55. The molecule has 0 aliphatic rings. The second kappa shape index (κ2) is 8.81. The van der Waals surface area contributed by atoms with Gasteiger partial charge in [-0.05, 0) is 36.4 Å². The smallest absolute Gasteiger partial charge is 0.254 e. The molecule has 8 heteroatoms. The van der Waals surface area contributed by atoms with Crippen LogP contribution in [0.4, 0.5) is 5.69 Å². The van der Waals surface area contributed by atoms with Crippen molar-refractivity contribution in [3.05, 3.63) is 57.0 Å². The number of halogens is 3. The monoisotopic (exact) mass is 416 g/mol. The van der Waals surface area contributed by atoms with Gasteiger partial charge in [0.25, 0.3) is 5.91 Å². The number of benzene rings is 2. The van der Waals surface area contributed by atoms with Gasteiger partial charge in [-0.3, -0.25) is 9.59 Å². The molecule has 2 amide bonds. The van der Waals surface area contributed by atoms with E-state index < -0.39 is 0 Å². The van der Waals surface area contributed by atoms with Crippen molar-refractivity contribution in [1.29, 1.82) is 0 Å². The predicted octanol–water partition coefficient (Wildman–Crippen LogP) is 5.08. The lowest BCUT2D eigenvalue weighted by Crippen LogP contribution is -2.22. The molecule has 0 aliphatic carbocycles. The number of amides is 2. The Kier molecular flexibility index (Phi) is 7.02. The van der Waals surface area contributed by atoms with Crippen LogP contribution >= 0.6 is 46.6 Å². The number of nitrogens with one attached hydrogen (secondary N) is 1. The van der Waals surface area contributed by atoms with Gasteiger partial charge in [-0.1, -0.05) is 34.8 Å². The molecule has 0 unspecified atom stereocenters. The van der Waals surface area contributed by atoms with Crippen LogP contribution in [-0.2, 0) is 4.79 Å². The SMILES string of the molecule is CN(C)C(=O)c1ccc(NC(=O)CSc2cc(Cl)ccc2Cl)cc1Cl. The van der Waals surface area contributed by atoms with Crippen LogP contribution in [0.3, 0.4) is 0 Å². The van der Waals surface area contributed by atoms with Gasteiger partial charge in [-0.25, -0.2) is 0 Å². The van der Waals surface area contributed by atoms with E-state index in [1.165, 1.54) is 16.7 Å². The van der Waals surface area contributed by atoms with Crippen LogP contribution in [0.25, 0.3) is 0 Å². The molecule has 1 N–H and O–H groups in total. The van der Waals surface area contributed by atoms with Gasteiger partial charge in [-0.2, -0.15) is 0 Å². The van der Waals surface area contributed by atoms with Gasteiger partial charge in [0.15, 0.2) is 0 Å². The van der Waals surface area contributed by atoms with Crippen LogP contribution in [-0.4, -0.2) is 36.6 Å². The molecule has 2 aromatic carbocycles. The van der Waals surface area contributed by atoms with Crippen molar-refractivity contribution < 1.29 is 9.59 Å². The van der Waals surface area contributed by atoms with E-state index in [1.807, 2.05) is 0 Å². The molecule has 0 saturated carbocycles. The lowest BCUT2D eigenvalue weighted by Gasteiger charge is -2.13. The summed E-state index contributed by atoms with van der Waals surface area (Å²) in [5.41, 5.74) is 0.896. The molecule has 2 rings (SSSR count). The second-order valence-corrected chi connectivity index (χ2v) is 7.57. The van der Waals surface area contributed by atoms with E-state index in [9.17, 15) is 9.59 Å². The maximum atomic E-state index is 12.1. The van der Waals surface area contributed by atoms with Crippen LogP contribution in [0.15, 0.2) is 41.3 Å². The van der Waals surface area contributed by atoms with Crippen LogP contribution in [0, 0.1) is 0 Å². The summed E-state index contributed by atoms with van der Waals surface area (Å²) < 4.78 is 0. The zero-order valence-electron chi connectivity index (χ0n) is 13.5. The van der Waals surface area contributed by atoms with Crippen LogP contribution in [0.5, 0.6) is 0 Å². The Morgan fingerprint density at radius 2 is 1.76 bits per heavy atom. The highest BCUT2D eigenvalue weighted by atomic mass is 35.5. The van der Waals surface area contributed by atoms with Gasteiger partial charge in [0.2, 0.25) is 5.91 Å². The van der Waals surface area contributed by atoms with E-state index in [-0.39, 0.29) is 22.6 Å². The number of hydrogen-bond donors (Lipinski definition) is 1. The zero-order valence-corrected chi connectivity index (χ0v) is 16.6. The third-order valence-electron chi connectivity index (χ3n) is 3.14. The molecule has 0 saturated heterocycles. The molecule has 132 valence electrons. The summed E-state index contributed by atoms with van der Waals surface area (Å²) in [4.78, 5) is 26.2. The minimum Gasteiger partial charge on any atom is -0.345 e. The van der Waals surface area contributed by atoms with Crippen LogP contribution in [0.2, 0.25) is 15.1 Å². The number of thioether (sulfide) groups is 1. The molecule has 25 heavy (non-hydrogen) atoms. The van der Waals surface area contributed by atoms with Gasteiger partial charge in [0, 0.05) is 29.7 Å². The Bertz CT molecular complexity index is 812. The van der Waals surface area contributed by atoms with E-state index in [1.54, 1.807) is 50.5 Å². The fourth-order valence-corrected chi connectivity index (χ4v) is 3.49. The summed E-state index contributed by atoms with van der Waals surface area (Å²) in [6, 6.07) is 9.85. The van der Waals surface area contributed by atoms with Crippen LogP contribution in [0.1, 0.15) is 10.4 Å². The van der Waals surface area contributed by atoms with Gasteiger partial charge in [-0.15, -0.1) is 11.8 Å². The topological polar surface area (TPSA) is 49.4 Å². The first-order valence-corrected chi connectivity index (χ1v) is 9.29. The minimum atomic E-state index is -0.219. The summed E-state index contributed by atoms with van der Waals surface area (Å²) in [5.74, 6) is -0.256. The van der Waals surface area contributed by atoms with Crippen molar-refractivity contribution in [3.8, 4) is 0 Å². The van der Waals surface area contributed by atoms with Crippen molar-refractivity contribution in [3.63, 3.8) is 0 Å². The molecule has 0 radical (unpaired) electrons. The van der Waals surface area contributed by atoms with Crippen molar-refractivity contribution in [2.24, 2.45) is 0 Å². The zero-order chi connectivity index (χ0) is 18.6. The number of carbonyl (C=O) groups excluding carboxylic acids is 2. The summed E-state index contributed by atoms with van der Waals surface area (Å²) in [6.07, 6.45) is 0. The Hall–Kier alpha value is -1.40. The summed E-state index contributed by atoms with van der Waals surface area (Å²) in [7, 11) is 3.29. The first-order valence-electron chi connectivity index (χ1n) is 7.17. The summed E-state index contributed by atoms with van der Waals surface area (Å²) >= 11 is 19.4. The quantitative estimate of drug-likeness (QED) is 0.690. The number of carbonyl (C=O) groups is 2. The van der Waals surface area contributed by atoms with E-state index in [0.29, 0.717) is 21.3 Å². The lowest BCUT2D eigenvalue weighted by atomic mass is 10.2. The number of rotatable bonds is 5. The Morgan fingerprint density at radius 3 is 2.40 bits per heavy atom. The summed E-state index contributed by atoms with van der Waals surface area (Å²) in [6.45, 7) is 0. The molecule has 2 aromatic rings. The van der Waals surface area contributed by atoms with E-state index >= 15 is 0 Å². The molecule has 0 heterocycles. The van der Waals surface area contributed by atoms with Gasteiger partial charge in [0.1, 0.15) is 0 Å². The number of hydrogen-bond acceptors (Lipinski definition) is 3. The van der Waals surface area contributed by atoms with Crippen molar-refractivity contribution in [2.75, 3.05) is 25.2 Å². The first kappa shape index (κ1) is 19.9. The summed E-state index contributed by atoms with van der Waals surface area (Å²) in [5, 5.41) is 4.11. The molecule has 0 atom stereocenters. The number of anilines is 1. The van der Waals surface area contributed by atoms with Crippen molar-refractivity contribution >= 4 is 64.1 Å². The van der Waals surface area contributed by atoms with Crippen molar-refractivity contribution in [1.82, 2.24) is 4.90 Å². The van der Waals surface area contributed by atoms with Gasteiger partial charge in [0.05, 0.1) is 21.4 Å². The minimum absolute atomic E-state index is 0.163. The molecule has 0 bridgehead atoms. The maximum absolute atomic E-state index is 12.1. The standard InChI is InChI=1S/C17H15Cl3N2O2S/c1-22(2)17(24)12-5-4-11(8-14(12)20)21-16(23)9-25-15-7-10(18)3-6-13(15)19/h3-8H,9H2,1-2H3,(H,21,23). The van der Waals surface area contributed by atoms with E-state index in [4.69, 9.17) is 34.8 Å². The fraction of sp³-hybridized carbons (Fsp3) is 0.176. The maximum Gasteiger partial charge on any atom is 0.254 e. The molecular formula is C17H15Cl3N2O2S. The van der Waals surface area contributed by atoms with Crippen molar-refractivity contribution in [2.45, 2.75) is 4.90 Å². The Balaban J connectivity index is 2.00. The molecule has 0 spiro atoms. The fourth-order valence-electron chi connectivity index (χ4n) is 1.94. The number of nitrogens with zero attached hydrogens (tertiary/aromatic N) is 1. The highest BCUT2D eigenvalue weighted by molar-refractivity contribution is 8.00. The normalized spacial score (nSPS) is 10.4. The third kappa shape index (κ3) is 5.54. The van der Waals surface area contributed by atoms with Gasteiger partial charge >= 0.3 is 0 Å². The Morgan fingerprint density at radius 1 is 1.04 bits per heavy atom.